The molecule has 1 aromatic carbocycles. The highest BCUT2D eigenvalue weighted by atomic mass is 35.5. The van der Waals surface area contributed by atoms with Crippen LogP contribution in [0.5, 0.6) is 0 Å². The van der Waals surface area contributed by atoms with Crippen LogP contribution in [0.25, 0.3) is 11.4 Å². The van der Waals surface area contributed by atoms with Gasteiger partial charge < -0.3 is 9.30 Å². The second-order valence-corrected chi connectivity index (χ2v) is 5.30. The summed E-state index contributed by atoms with van der Waals surface area (Å²) < 4.78 is 6.56. The van der Waals surface area contributed by atoms with Crippen molar-refractivity contribution < 1.29 is 9.53 Å². The zero-order valence-electron chi connectivity index (χ0n) is 11.2. The minimum atomic E-state index is -0.287. The number of carbonyl (C=O) groups is 1. The van der Waals surface area contributed by atoms with Crippen molar-refractivity contribution in [2.24, 2.45) is 0 Å². The molecule has 0 radical (unpaired) electrons. The van der Waals surface area contributed by atoms with Crippen LogP contribution in [0.1, 0.15) is 6.92 Å². The van der Waals surface area contributed by atoms with Crippen molar-refractivity contribution in [1.29, 1.82) is 0 Å². The van der Waals surface area contributed by atoms with E-state index in [0.717, 1.165) is 11.4 Å². The molecule has 0 bridgehead atoms. The number of methoxy groups -OCH3 is 1. The van der Waals surface area contributed by atoms with Gasteiger partial charge in [0.1, 0.15) is 0 Å². The lowest BCUT2D eigenvalue weighted by atomic mass is 10.2. The second-order valence-electron chi connectivity index (χ2n) is 3.93. The van der Waals surface area contributed by atoms with Crippen LogP contribution in [0.15, 0.2) is 29.4 Å². The number of benzene rings is 1. The lowest BCUT2D eigenvalue weighted by Gasteiger charge is -2.07. The molecule has 106 valence electrons. The summed E-state index contributed by atoms with van der Waals surface area (Å²) in [5, 5.41) is 9.65. The molecule has 1 heterocycles. The van der Waals surface area contributed by atoms with Crippen molar-refractivity contribution in [3.63, 3.8) is 0 Å². The number of hydrogen-bond acceptors (Lipinski definition) is 5. The van der Waals surface area contributed by atoms with Gasteiger partial charge in [0.2, 0.25) is 0 Å². The summed E-state index contributed by atoms with van der Waals surface area (Å²) in [6.45, 7) is 2.71. The molecule has 7 heteroatoms. The normalized spacial score (nSPS) is 10.6. The smallest absolute Gasteiger partial charge is 0.316 e. The Hall–Kier alpha value is -1.53. The first-order valence-electron chi connectivity index (χ1n) is 6.04. The molecular formula is C13H14ClN3O2S. The number of aromatic nitrogens is 3. The molecule has 0 N–H and O–H groups in total. The molecule has 0 fully saturated rings. The van der Waals surface area contributed by atoms with Crippen molar-refractivity contribution in [1.82, 2.24) is 14.8 Å². The first-order chi connectivity index (χ1) is 9.65. The van der Waals surface area contributed by atoms with Crippen molar-refractivity contribution in [2.75, 3.05) is 12.9 Å². The summed E-state index contributed by atoms with van der Waals surface area (Å²) in [6, 6.07) is 7.45. The molecule has 0 atom stereocenters. The fourth-order valence-electron chi connectivity index (χ4n) is 1.70. The quantitative estimate of drug-likeness (QED) is 0.628. The summed E-state index contributed by atoms with van der Waals surface area (Å²) in [5.41, 5.74) is 0.900. The second kappa shape index (κ2) is 6.76. The van der Waals surface area contributed by atoms with Crippen LogP contribution in [0.4, 0.5) is 0 Å². The van der Waals surface area contributed by atoms with Crippen LogP contribution >= 0.6 is 23.4 Å². The number of esters is 1. The number of rotatable bonds is 5. The number of carbonyl (C=O) groups excluding carboxylic acids is 1. The predicted octanol–water partition coefficient (Wildman–Crippen LogP) is 2.88. The monoisotopic (exact) mass is 311 g/mol. The summed E-state index contributed by atoms with van der Waals surface area (Å²) in [5.74, 6) is 0.664. The maximum absolute atomic E-state index is 11.2. The van der Waals surface area contributed by atoms with Gasteiger partial charge in [0, 0.05) is 17.1 Å². The van der Waals surface area contributed by atoms with Crippen molar-refractivity contribution >= 4 is 29.3 Å². The van der Waals surface area contributed by atoms with E-state index in [2.05, 4.69) is 14.9 Å². The topological polar surface area (TPSA) is 57.0 Å². The number of halogens is 1. The molecule has 2 rings (SSSR count). The van der Waals surface area contributed by atoms with Crippen LogP contribution < -0.4 is 0 Å². The Morgan fingerprint density at radius 3 is 2.90 bits per heavy atom. The van der Waals surface area contributed by atoms with Gasteiger partial charge in [-0.1, -0.05) is 35.5 Å². The van der Waals surface area contributed by atoms with Gasteiger partial charge in [0.05, 0.1) is 12.9 Å². The molecular weight excluding hydrogens is 298 g/mol. The van der Waals surface area contributed by atoms with E-state index in [4.69, 9.17) is 11.6 Å². The maximum Gasteiger partial charge on any atom is 0.316 e. The highest BCUT2D eigenvalue weighted by Crippen LogP contribution is 2.25. The van der Waals surface area contributed by atoms with E-state index in [1.165, 1.54) is 18.9 Å². The van der Waals surface area contributed by atoms with E-state index in [-0.39, 0.29) is 11.7 Å². The Kier molecular flexibility index (Phi) is 5.03. The van der Waals surface area contributed by atoms with Crippen molar-refractivity contribution in [3.8, 4) is 11.4 Å². The van der Waals surface area contributed by atoms with E-state index in [0.29, 0.717) is 16.7 Å². The molecule has 0 aliphatic rings. The standard InChI is InChI=1S/C13H14ClN3O2S/c1-3-17-12(9-5-4-6-10(14)7-9)15-16-13(17)20-8-11(18)19-2/h4-7H,3,8H2,1-2H3. The lowest BCUT2D eigenvalue weighted by Crippen LogP contribution is -2.05. The highest BCUT2D eigenvalue weighted by molar-refractivity contribution is 7.99. The number of hydrogen-bond donors (Lipinski definition) is 0. The Balaban J connectivity index is 2.27. The third-order valence-electron chi connectivity index (χ3n) is 2.66. The van der Waals surface area contributed by atoms with E-state index in [1.807, 2.05) is 35.8 Å². The molecule has 0 aliphatic heterocycles. The molecule has 2 aromatic rings. The highest BCUT2D eigenvalue weighted by Gasteiger charge is 2.14. The predicted molar refractivity (Wildman–Crippen MR) is 78.9 cm³/mol. The van der Waals surface area contributed by atoms with Gasteiger partial charge in [-0.3, -0.25) is 4.79 Å². The van der Waals surface area contributed by atoms with Gasteiger partial charge >= 0.3 is 5.97 Å². The third-order valence-corrected chi connectivity index (χ3v) is 3.84. The minimum absolute atomic E-state index is 0.212. The molecule has 0 saturated heterocycles. The maximum atomic E-state index is 11.2. The van der Waals surface area contributed by atoms with Crippen LogP contribution in [-0.2, 0) is 16.1 Å². The van der Waals surface area contributed by atoms with Crippen molar-refractivity contribution in [3.05, 3.63) is 29.3 Å². The van der Waals surface area contributed by atoms with Crippen LogP contribution in [0.3, 0.4) is 0 Å². The van der Waals surface area contributed by atoms with Gasteiger partial charge in [0.15, 0.2) is 11.0 Å². The van der Waals surface area contributed by atoms with Gasteiger partial charge in [-0.05, 0) is 19.1 Å². The average molecular weight is 312 g/mol. The zero-order valence-corrected chi connectivity index (χ0v) is 12.7. The van der Waals surface area contributed by atoms with E-state index in [9.17, 15) is 4.79 Å². The fraction of sp³-hybridized carbons (Fsp3) is 0.308. The van der Waals surface area contributed by atoms with E-state index < -0.39 is 0 Å². The summed E-state index contributed by atoms with van der Waals surface area (Å²) >= 11 is 7.30. The molecule has 20 heavy (non-hydrogen) atoms. The number of thioether (sulfide) groups is 1. The van der Waals surface area contributed by atoms with Gasteiger partial charge in [-0.25, -0.2) is 0 Å². The zero-order chi connectivity index (χ0) is 14.5. The Morgan fingerprint density at radius 2 is 2.25 bits per heavy atom. The van der Waals surface area contributed by atoms with Crippen LogP contribution in [0.2, 0.25) is 5.02 Å². The van der Waals surface area contributed by atoms with Gasteiger partial charge in [-0.2, -0.15) is 0 Å². The Morgan fingerprint density at radius 1 is 1.45 bits per heavy atom. The summed E-state index contributed by atoms with van der Waals surface area (Å²) in [7, 11) is 1.37. The first-order valence-corrected chi connectivity index (χ1v) is 7.40. The molecule has 0 amide bonds. The average Bonchev–Trinajstić information content (AvgIpc) is 2.87. The lowest BCUT2D eigenvalue weighted by molar-refractivity contribution is -0.137. The summed E-state index contributed by atoms with van der Waals surface area (Å²) in [6.07, 6.45) is 0. The summed E-state index contributed by atoms with van der Waals surface area (Å²) in [4.78, 5) is 11.2. The number of nitrogens with zero attached hydrogens (tertiary/aromatic N) is 3. The molecule has 0 saturated carbocycles. The molecule has 0 spiro atoms. The Labute approximate surface area is 126 Å². The number of ether oxygens (including phenoxy) is 1. The van der Waals surface area contributed by atoms with E-state index >= 15 is 0 Å². The molecule has 1 aromatic heterocycles. The van der Waals surface area contributed by atoms with Gasteiger partial charge in [0.25, 0.3) is 0 Å². The van der Waals surface area contributed by atoms with Gasteiger partial charge in [-0.15, -0.1) is 10.2 Å². The Bertz CT molecular complexity index is 615. The van der Waals surface area contributed by atoms with Crippen LogP contribution in [-0.4, -0.2) is 33.6 Å². The third kappa shape index (κ3) is 3.32. The molecule has 0 aliphatic carbocycles. The molecule has 0 unspecified atom stereocenters. The van der Waals surface area contributed by atoms with E-state index in [1.54, 1.807) is 0 Å². The fourth-order valence-corrected chi connectivity index (χ4v) is 2.73. The van der Waals surface area contributed by atoms with Crippen molar-refractivity contribution in [2.45, 2.75) is 18.6 Å². The van der Waals surface area contributed by atoms with Crippen LogP contribution in [0, 0.1) is 0 Å². The SMILES string of the molecule is CCn1c(SCC(=O)OC)nnc1-c1cccc(Cl)c1. The first kappa shape index (κ1) is 14.9. The molecule has 5 nitrogen and oxygen atoms in total. The minimum Gasteiger partial charge on any atom is -0.468 e. The largest absolute Gasteiger partial charge is 0.468 e.